The van der Waals surface area contributed by atoms with Crippen LogP contribution in [0.2, 0.25) is 0 Å². The molecule has 0 aromatic carbocycles. The van der Waals surface area contributed by atoms with Crippen LogP contribution in [0.15, 0.2) is 0 Å². The number of rotatable bonds is 6. The normalized spacial score (nSPS) is 17.2. The van der Waals surface area contributed by atoms with Crippen LogP contribution in [0.3, 0.4) is 0 Å². The largest absolute Gasteiger partial charge is 0.481 e. The van der Waals surface area contributed by atoms with Crippen LogP contribution in [0, 0.1) is 0 Å². The minimum Gasteiger partial charge on any atom is -0.481 e. The average Bonchev–Trinajstić information content (AvgIpc) is 2.33. The van der Waals surface area contributed by atoms with Crippen molar-refractivity contribution in [3.63, 3.8) is 0 Å². The first-order valence-electron chi connectivity index (χ1n) is 7.45. The van der Waals surface area contributed by atoms with Gasteiger partial charge in [0, 0.05) is 25.9 Å². The summed E-state index contributed by atoms with van der Waals surface area (Å²) < 4.78 is 5.93. The number of unbranched alkanes of at least 4 members (excludes halogenated alkanes) is 1. The highest BCUT2D eigenvalue weighted by Gasteiger charge is 2.26. The van der Waals surface area contributed by atoms with Crippen molar-refractivity contribution in [2.24, 2.45) is 0 Å². The van der Waals surface area contributed by atoms with Gasteiger partial charge in [-0.15, -0.1) is 0 Å². The van der Waals surface area contributed by atoms with Crippen LogP contribution < -0.4 is 0 Å². The first kappa shape index (κ1) is 17.0. The summed E-state index contributed by atoms with van der Waals surface area (Å²) in [7, 11) is 0. The van der Waals surface area contributed by atoms with Gasteiger partial charge >= 0.3 is 5.97 Å². The van der Waals surface area contributed by atoms with Gasteiger partial charge in [0.1, 0.15) is 0 Å². The van der Waals surface area contributed by atoms with Crippen LogP contribution in [0.4, 0.5) is 0 Å². The van der Waals surface area contributed by atoms with Crippen LogP contribution in [0.5, 0.6) is 0 Å². The quantitative estimate of drug-likeness (QED) is 0.761. The van der Waals surface area contributed by atoms with Gasteiger partial charge in [-0.05, 0) is 46.5 Å². The van der Waals surface area contributed by atoms with E-state index in [2.05, 4.69) is 0 Å². The zero-order chi connectivity index (χ0) is 15.2. The predicted molar refractivity (Wildman–Crippen MR) is 76.5 cm³/mol. The van der Waals surface area contributed by atoms with Crippen molar-refractivity contribution in [1.82, 2.24) is 4.90 Å². The van der Waals surface area contributed by atoms with Crippen LogP contribution in [-0.2, 0) is 14.3 Å². The van der Waals surface area contributed by atoms with E-state index in [-0.39, 0.29) is 24.0 Å². The molecule has 1 heterocycles. The maximum absolute atomic E-state index is 12.0. The summed E-state index contributed by atoms with van der Waals surface area (Å²) >= 11 is 0. The van der Waals surface area contributed by atoms with Gasteiger partial charge in [0.15, 0.2) is 0 Å². The van der Waals surface area contributed by atoms with Crippen LogP contribution in [-0.4, -0.2) is 46.7 Å². The van der Waals surface area contributed by atoms with Crippen LogP contribution in [0.1, 0.15) is 59.3 Å². The Hall–Kier alpha value is -1.10. The molecular weight excluding hydrogens is 258 g/mol. The number of piperidine rings is 1. The van der Waals surface area contributed by atoms with E-state index < -0.39 is 5.97 Å². The summed E-state index contributed by atoms with van der Waals surface area (Å²) in [6.45, 7) is 7.64. The predicted octanol–water partition coefficient (Wildman–Crippen LogP) is 2.44. The second kappa shape index (κ2) is 7.62. The number of nitrogens with zero attached hydrogens (tertiary/aromatic N) is 1. The lowest BCUT2D eigenvalue weighted by Gasteiger charge is -2.35. The van der Waals surface area contributed by atoms with Crippen molar-refractivity contribution in [2.45, 2.75) is 71.0 Å². The SMILES string of the molecule is CC(C)(C)OC1CCN(C(=O)CCCCC(=O)O)CC1. The van der Waals surface area contributed by atoms with Gasteiger partial charge in [0.05, 0.1) is 11.7 Å². The molecule has 0 spiro atoms. The van der Waals surface area contributed by atoms with E-state index in [1.165, 1.54) is 0 Å². The van der Waals surface area contributed by atoms with Crippen LogP contribution >= 0.6 is 0 Å². The molecule has 0 saturated carbocycles. The van der Waals surface area contributed by atoms with E-state index in [1.807, 2.05) is 25.7 Å². The third-order valence-electron chi connectivity index (χ3n) is 3.35. The monoisotopic (exact) mass is 285 g/mol. The Labute approximate surface area is 121 Å². The molecule has 1 rings (SSSR count). The maximum Gasteiger partial charge on any atom is 0.303 e. The Kier molecular flexibility index (Phi) is 6.46. The van der Waals surface area contributed by atoms with Crippen molar-refractivity contribution in [3.05, 3.63) is 0 Å². The Morgan fingerprint density at radius 2 is 1.70 bits per heavy atom. The third kappa shape index (κ3) is 6.89. The Morgan fingerprint density at radius 3 is 2.20 bits per heavy atom. The Bertz CT molecular complexity index is 327. The lowest BCUT2D eigenvalue weighted by Crippen LogP contribution is -2.42. The highest BCUT2D eigenvalue weighted by Crippen LogP contribution is 2.20. The summed E-state index contributed by atoms with van der Waals surface area (Å²) in [5.74, 6) is -0.651. The molecule has 1 aliphatic heterocycles. The van der Waals surface area contributed by atoms with Gasteiger partial charge in [-0.25, -0.2) is 0 Å². The lowest BCUT2D eigenvalue weighted by atomic mass is 10.0. The molecule has 0 unspecified atom stereocenters. The fraction of sp³-hybridized carbons (Fsp3) is 0.867. The number of ether oxygens (including phenoxy) is 1. The second-order valence-electron chi connectivity index (χ2n) is 6.41. The van der Waals surface area contributed by atoms with Crippen molar-refractivity contribution in [2.75, 3.05) is 13.1 Å². The van der Waals surface area contributed by atoms with Gasteiger partial charge in [0.25, 0.3) is 0 Å². The molecule has 1 aliphatic rings. The van der Waals surface area contributed by atoms with Gasteiger partial charge in [-0.1, -0.05) is 0 Å². The molecule has 0 bridgehead atoms. The van der Waals surface area contributed by atoms with E-state index in [1.54, 1.807) is 0 Å². The topological polar surface area (TPSA) is 66.8 Å². The number of carboxylic acids is 1. The van der Waals surface area contributed by atoms with Crippen molar-refractivity contribution >= 4 is 11.9 Å². The molecule has 0 atom stereocenters. The molecule has 1 fully saturated rings. The number of amides is 1. The zero-order valence-corrected chi connectivity index (χ0v) is 12.9. The smallest absolute Gasteiger partial charge is 0.303 e. The van der Waals surface area contributed by atoms with Crippen molar-refractivity contribution < 1.29 is 19.4 Å². The standard InChI is InChI=1S/C15H27NO4/c1-15(2,3)20-12-8-10-16(11-9-12)13(17)6-4-5-7-14(18)19/h12H,4-11H2,1-3H3,(H,18,19). The molecule has 116 valence electrons. The minimum atomic E-state index is -0.794. The summed E-state index contributed by atoms with van der Waals surface area (Å²) in [6, 6.07) is 0. The van der Waals surface area contributed by atoms with Gasteiger partial charge < -0.3 is 14.7 Å². The van der Waals surface area contributed by atoms with Crippen LogP contribution in [0.25, 0.3) is 0 Å². The molecule has 0 aromatic heterocycles. The molecule has 5 heteroatoms. The molecule has 0 radical (unpaired) electrons. The first-order chi connectivity index (χ1) is 9.28. The number of hydrogen-bond acceptors (Lipinski definition) is 3. The summed E-state index contributed by atoms with van der Waals surface area (Å²) in [4.78, 5) is 24.2. The van der Waals surface area contributed by atoms with Gasteiger partial charge in [-0.2, -0.15) is 0 Å². The summed E-state index contributed by atoms with van der Waals surface area (Å²) in [5.41, 5.74) is -0.131. The zero-order valence-electron chi connectivity index (χ0n) is 12.9. The van der Waals surface area contributed by atoms with E-state index in [9.17, 15) is 9.59 Å². The van der Waals surface area contributed by atoms with Gasteiger partial charge in [0.2, 0.25) is 5.91 Å². The molecule has 1 saturated heterocycles. The van der Waals surface area contributed by atoms with E-state index in [0.717, 1.165) is 25.9 Å². The molecule has 0 aromatic rings. The highest BCUT2D eigenvalue weighted by molar-refractivity contribution is 5.76. The first-order valence-corrected chi connectivity index (χ1v) is 7.45. The number of carbonyl (C=O) groups excluding carboxylic acids is 1. The molecule has 1 N–H and O–H groups in total. The van der Waals surface area contributed by atoms with E-state index >= 15 is 0 Å². The molecule has 0 aliphatic carbocycles. The highest BCUT2D eigenvalue weighted by atomic mass is 16.5. The average molecular weight is 285 g/mol. The molecule has 20 heavy (non-hydrogen) atoms. The molecular formula is C15H27NO4. The number of hydrogen-bond donors (Lipinski definition) is 1. The fourth-order valence-corrected chi connectivity index (χ4v) is 2.43. The maximum atomic E-state index is 12.0. The lowest BCUT2D eigenvalue weighted by molar-refractivity contribution is -0.139. The minimum absolute atomic E-state index is 0.131. The number of carboxylic acid groups (broad SMARTS) is 1. The Balaban J connectivity index is 2.20. The molecule has 5 nitrogen and oxygen atoms in total. The number of likely N-dealkylation sites (tertiary alicyclic amines) is 1. The summed E-state index contributed by atoms with van der Waals surface area (Å²) in [6.07, 6.45) is 3.85. The number of aliphatic carboxylic acids is 1. The van der Waals surface area contributed by atoms with Crippen molar-refractivity contribution in [3.8, 4) is 0 Å². The third-order valence-corrected chi connectivity index (χ3v) is 3.35. The fourth-order valence-electron chi connectivity index (χ4n) is 2.43. The molecule has 1 amide bonds. The van der Waals surface area contributed by atoms with Crippen molar-refractivity contribution in [1.29, 1.82) is 0 Å². The Morgan fingerprint density at radius 1 is 1.15 bits per heavy atom. The van der Waals surface area contributed by atoms with E-state index in [0.29, 0.717) is 19.3 Å². The second-order valence-corrected chi connectivity index (χ2v) is 6.41. The number of carbonyl (C=O) groups is 2. The summed E-state index contributed by atoms with van der Waals surface area (Å²) in [5, 5.41) is 8.54. The van der Waals surface area contributed by atoms with Gasteiger partial charge in [-0.3, -0.25) is 9.59 Å². The van der Waals surface area contributed by atoms with E-state index in [4.69, 9.17) is 9.84 Å².